The van der Waals surface area contributed by atoms with Crippen molar-refractivity contribution in [3.63, 3.8) is 0 Å². The van der Waals surface area contributed by atoms with Crippen LogP contribution in [0.3, 0.4) is 0 Å². The van der Waals surface area contributed by atoms with Crippen LogP contribution in [0.1, 0.15) is 11.1 Å². The van der Waals surface area contributed by atoms with E-state index in [1.165, 1.54) is 12.1 Å². The highest BCUT2D eigenvalue weighted by Gasteiger charge is 2.07. The van der Waals surface area contributed by atoms with Crippen LogP contribution < -0.4 is 16.4 Å². The number of urea groups is 1. The number of carbonyl (C=O) groups is 1. The third-order valence-electron chi connectivity index (χ3n) is 2.83. The van der Waals surface area contributed by atoms with Gasteiger partial charge in [0.2, 0.25) is 0 Å². The molecule has 0 atom stereocenters. The third kappa shape index (κ3) is 3.55. The normalized spacial score (nSPS) is 10.2. The van der Waals surface area contributed by atoms with Gasteiger partial charge in [-0.3, -0.25) is 0 Å². The highest BCUT2D eigenvalue weighted by molar-refractivity contribution is 5.99. The summed E-state index contributed by atoms with van der Waals surface area (Å²) in [6.45, 7) is 2.21. The lowest BCUT2D eigenvalue weighted by Crippen LogP contribution is -2.20. The molecule has 0 radical (unpaired) electrons. The van der Waals surface area contributed by atoms with Crippen molar-refractivity contribution in [2.24, 2.45) is 5.73 Å². The molecular weight excluding hydrogens is 257 g/mol. The summed E-state index contributed by atoms with van der Waals surface area (Å²) < 4.78 is 13.7. The van der Waals surface area contributed by atoms with Crippen molar-refractivity contribution in [3.8, 4) is 0 Å². The molecule has 2 amide bonds. The predicted molar refractivity (Wildman–Crippen MR) is 78.1 cm³/mol. The molecule has 5 heteroatoms. The van der Waals surface area contributed by atoms with Gasteiger partial charge in [0, 0.05) is 12.2 Å². The summed E-state index contributed by atoms with van der Waals surface area (Å²) >= 11 is 0. The fourth-order valence-electron chi connectivity index (χ4n) is 1.71. The average Bonchev–Trinajstić information content (AvgIpc) is 2.43. The molecule has 0 fully saturated rings. The molecular formula is C15H16FN3O. The number of amides is 2. The van der Waals surface area contributed by atoms with Crippen molar-refractivity contribution in [1.82, 2.24) is 0 Å². The molecule has 0 spiro atoms. The fourth-order valence-corrected chi connectivity index (χ4v) is 1.71. The summed E-state index contributed by atoms with van der Waals surface area (Å²) in [6, 6.07) is 11.3. The summed E-state index contributed by atoms with van der Waals surface area (Å²) in [7, 11) is 0. The molecule has 2 aromatic rings. The van der Waals surface area contributed by atoms with Crippen LogP contribution in [-0.4, -0.2) is 6.03 Å². The predicted octanol–water partition coefficient (Wildman–Crippen LogP) is 3.24. The van der Waals surface area contributed by atoms with Crippen molar-refractivity contribution in [2.45, 2.75) is 13.5 Å². The summed E-state index contributed by atoms with van der Waals surface area (Å²) in [4.78, 5) is 11.8. The molecule has 0 saturated heterocycles. The Balaban J connectivity index is 2.02. The highest BCUT2D eigenvalue weighted by atomic mass is 19.1. The van der Waals surface area contributed by atoms with Crippen molar-refractivity contribution >= 4 is 17.4 Å². The van der Waals surface area contributed by atoms with Gasteiger partial charge in [-0.1, -0.05) is 23.8 Å². The fraction of sp³-hybridized carbons (Fsp3) is 0.133. The SMILES string of the molecule is Cc1ccc(NC(=O)Nc2ccc(CN)cc2F)cc1. The van der Waals surface area contributed by atoms with Crippen LogP contribution in [0.15, 0.2) is 42.5 Å². The van der Waals surface area contributed by atoms with Crippen LogP contribution in [-0.2, 0) is 6.54 Å². The monoisotopic (exact) mass is 273 g/mol. The number of benzene rings is 2. The first-order valence-corrected chi connectivity index (χ1v) is 6.21. The molecule has 0 saturated carbocycles. The zero-order valence-corrected chi connectivity index (χ0v) is 11.1. The van der Waals surface area contributed by atoms with E-state index in [4.69, 9.17) is 5.73 Å². The summed E-state index contributed by atoms with van der Waals surface area (Å²) in [5.41, 5.74) is 7.95. The molecule has 20 heavy (non-hydrogen) atoms. The number of rotatable bonds is 3. The number of nitrogens with one attached hydrogen (secondary N) is 2. The van der Waals surface area contributed by atoms with Gasteiger partial charge in [-0.25, -0.2) is 9.18 Å². The van der Waals surface area contributed by atoms with Gasteiger partial charge in [-0.2, -0.15) is 0 Å². The minimum Gasteiger partial charge on any atom is -0.326 e. The van der Waals surface area contributed by atoms with E-state index in [1.807, 2.05) is 19.1 Å². The Morgan fingerprint density at radius 1 is 1.15 bits per heavy atom. The first-order chi connectivity index (χ1) is 9.58. The molecule has 0 heterocycles. The maximum atomic E-state index is 13.7. The van der Waals surface area contributed by atoms with Gasteiger partial charge in [0.1, 0.15) is 5.82 Å². The smallest absolute Gasteiger partial charge is 0.323 e. The van der Waals surface area contributed by atoms with E-state index >= 15 is 0 Å². The molecule has 0 aliphatic carbocycles. The molecule has 2 aromatic carbocycles. The van der Waals surface area contributed by atoms with Gasteiger partial charge in [0.25, 0.3) is 0 Å². The average molecular weight is 273 g/mol. The van der Waals surface area contributed by atoms with Crippen molar-refractivity contribution in [3.05, 3.63) is 59.4 Å². The van der Waals surface area contributed by atoms with E-state index in [-0.39, 0.29) is 12.2 Å². The lowest BCUT2D eigenvalue weighted by Gasteiger charge is -2.09. The summed E-state index contributed by atoms with van der Waals surface area (Å²) in [5.74, 6) is -0.507. The van der Waals surface area contributed by atoms with E-state index in [0.717, 1.165) is 5.56 Å². The van der Waals surface area contributed by atoms with E-state index < -0.39 is 11.8 Å². The van der Waals surface area contributed by atoms with E-state index in [0.29, 0.717) is 11.3 Å². The Labute approximate surface area is 116 Å². The van der Waals surface area contributed by atoms with Crippen molar-refractivity contribution in [1.29, 1.82) is 0 Å². The number of halogens is 1. The van der Waals surface area contributed by atoms with Crippen LogP contribution in [0.25, 0.3) is 0 Å². The maximum Gasteiger partial charge on any atom is 0.323 e. The van der Waals surface area contributed by atoms with Gasteiger partial charge in [-0.15, -0.1) is 0 Å². The zero-order chi connectivity index (χ0) is 14.5. The molecule has 104 valence electrons. The zero-order valence-electron chi connectivity index (χ0n) is 11.1. The Bertz CT molecular complexity index is 611. The first kappa shape index (κ1) is 14.0. The molecule has 0 aliphatic rings. The van der Waals surface area contributed by atoms with Crippen LogP contribution >= 0.6 is 0 Å². The Morgan fingerprint density at radius 2 is 1.85 bits per heavy atom. The van der Waals surface area contributed by atoms with Crippen LogP contribution in [0.5, 0.6) is 0 Å². The minimum absolute atomic E-state index is 0.117. The quantitative estimate of drug-likeness (QED) is 0.803. The van der Waals surface area contributed by atoms with Crippen LogP contribution in [0.2, 0.25) is 0 Å². The number of nitrogens with two attached hydrogens (primary N) is 1. The molecule has 0 aliphatic heterocycles. The Hall–Kier alpha value is -2.40. The first-order valence-electron chi connectivity index (χ1n) is 6.21. The highest BCUT2D eigenvalue weighted by Crippen LogP contribution is 2.16. The minimum atomic E-state index is -0.507. The number of anilines is 2. The number of hydrogen-bond donors (Lipinski definition) is 3. The third-order valence-corrected chi connectivity index (χ3v) is 2.83. The van der Waals surface area contributed by atoms with Gasteiger partial charge < -0.3 is 16.4 Å². The van der Waals surface area contributed by atoms with Gasteiger partial charge in [0.05, 0.1) is 5.69 Å². The van der Waals surface area contributed by atoms with Gasteiger partial charge in [0.15, 0.2) is 0 Å². The Kier molecular flexibility index (Phi) is 4.32. The second-order valence-electron chi connectivity index (χ2n) is 4.46. The molecule has 0 aromatic heterocycles. The number of aryl methyl sites for hydroxylation is 1. The molecule has 0 unspecified atom stereocenters. The lowest BCUT2D eigenvalue weighted by atomic mass is 10.2. The maximum absolute atomic E-state index is 13.7. The Morgan fingerprint density at radius 3 is 2.45 bits per heavy atom. The lowest BCUT2D eigenvalue weighted by molar-refractivity contribution is 0.262. The van der Waals surface area contributed by atoms with Crippen molar-refractivity contribution in [2.75, 3.05) is 10.6 Å². The molecule has 2 rings (SSSR count). The van der Waals surface area contributed by atoms with Crippen LogP contribution in [0.4, 0.5) is 20.6 Å². The van der Waals surface area contributed by atoms with Crippen molar-refractivity contribution < 1.29 is 9.18 Å². The second-order valence-corrected chi connectivity index (χ2v) is 4.46. The molecule has 4 N–H and O–H groups in total. The number of hydrogen-bond acceptors (Lipinski definition) is 2. The summed E-state index contributed by atoms with van der Waals surface area (Å²) in [6.07, 6.45) is 0. The van der Waals surface area contributed by atoms with E-state index in [2.05, 4.69) is 10.6 Å². The summed E-state index contributed by atoms with van der Waals surface area (Å²) in [5, 5.41) is 5.09. The van der Waals surface area contributed by atoms with E-state index in [1.54, 1.807) is 18.2 Å². The molecule has 4 nitrogen and oxygen atoms in total. The van der Waals surface area contributed by atoms with Crippen LogP contribution in [0, 0.1) is 12.7 Å². The largest absolute Gasteiger partial charge is 0.326 e. The van der Waals surface area contributed by atoms with Gasteiger partial charge >= 0.3 is 6.03 Å². The second kappa shape index (κ2) is 6.16. The molecule has 0 bridgehead atoms. The van der Waals surface area contributed by atoms with E-state index in [9.17, 15) is 9.18 Å². The van der Waals surface area contributed by atoms with Gasteiger partial charge in [-0.05, 0) is 36.8 Å². The number of carbonyl (C=O) groups excluding carboxylic acids is 1. The standard InChI is InChI=1S/C15H16FN3O/c1-10-2-5-12(6-3-10)18-15(20)19-14-7-4-11(9-17)8-13(14)16/h2-8H,9,17H2,1H3,(H2,18,19,20). The topological polar surface area (TPSA) is 67.2 Å².